The van der Waals surface area contributed by atoms with E-state index in [4.69, 9.17) is 9.47 Å². The van der Waals surface area contributed by atoms with E-state index in [0.717, 1.165) is 22.6 Å². The van der Waals surface area contributed by atoms with Crippen molar-refractivity contribution in [3.63, 3.8) is 0 Å². The predicted octanol–water partition coefficient (Wildman–Crippen LogP) is 7.48. The second-order valence-electron chi connectivity index (χ2n) is 7.09. The van der Waals surface area contributed by atoms with Gasteiger partial charge in [-0.2, -0.15) is 0 Å². The van der Waals surface area contributed by atoms with Crippen molar-refractivity contribution in [3.8, 4) is 11.5 Å². The maximum atomic E-state index is 5.35. The lowest BCUT2D eigenvalue weighted by atomic mass is 9.97. The average Bonchev–Trinajstić information content (AvgIpc) is 3.39. The van der Waals surface area contributed by atoms with E-state index < -0.39 is 0 Å². The number of methoxy groups -OCH3 is 2. The quantitative estimate of drug-likeness (QED) is 0.336. The highest BCUT2D eigenvalue weighted by Crippen LogP contribution is 2.52. The summed E-state index contributed by atoms with van der Waals surface area (Å²) in [5.74, 6) is 4.12. The molecule has 3 aromatic rings. The third-order valence-electron chi connectivity index (χ3n) is 5.17. The molecule has 160 valence electrons. The van der Waals surface area contributed by atoms with Crippen molar-refractivity contribution in [1.29, 1.82) is 0 Å². The van der Waals surface area contributed by atoms with Gasteiger partial charge in [-0.15, -0.1) is 34.9 Å². The highest BCUT2D eigenvalue weighted by atomic mass is 32.2. The predicted molar refractivity (Wildman–Crippen MR) is 138 cm³/mol. The van der Waals surface area contributed by atoms with Gasteiger partial charge in [0.1, 0.15) is 15.6 Å². The van der Waals surface area contributed by atoms with E-state index in [1.165, 1.54) is 28.4 Å². The summed E-state index contributed by atoms with van der Waals surface area (Å²) < 4.78 is 10.7. The number of benzene rings is 2. The topological polar surface area (TPSA) is 18.5 Å². The molecule has 5 heteroatoms. The Hall–Kier alpha value is -2.08. The Kier molecular flexibility index (Phi) is 7.49. The summed E-state index contributed by atoms with van der Waals surface area (Å²) in [4.78, 5) is 1.42. The van der Waals surface area contributed by atoms with Gasteiger partial charge in [0, 0.05) is 4.88 Å². The van der Waals surface area contributed by atoms with Crippen molar-refractivity contribution >= 4 is 40.4 Å². The van der Waals surface area contributed by atoms with Gasteiger partial charge in [-0.3, -0.25) is 0 Å². The molecule has 2 nitrogen and oxygen atoms in total. The fourth-order valence-corrected chi connectivity index (χ4v) is 7.82. The third kappa shape index (κ3) is 5.22. The number of thiophene rings is 1. The van der Waals surface area contributed by atoms with Gasteiger partial charge in [0.15, 0.2) is 0 Å². The normalized spacial score (nSPS) is 15.5. The Labute approximate surface area is 197 Å². The van der Waals surface area contributed by atoms with Crippen molar-refractivity contribution in [2.45, 2.75) is 10.5 Å². The summed E-state index contributed by atoms with van der Waals surface area (Å²) in [7, 11) is 3.39. The Balaban J connectivity index is 1.71. The summed E-state index contributed by atoms with van der Waals surface area (Å²) in [5.41, 5.74) is 3.49. The van der Waals surface area contributed by atoms with E-state index in [0.29, 0.717) is 0 Å². The fraction of sp³-hybridized carbons (Fsp3) is 0.231. The molecule has 31 heavy (non-hydrogen) atoms. The van der Waals surface area contributed by atoms with Crippen molar-refractivity contribution in [2.75, 3.05) is 25.7 Å². The first-order valence-electron chi connectivity index (χ1n) is 10.2. The van der Waals surface area contributed by atoms with Gasteiger partial charge in [0.2, 0.25) is 0 Å². The molecule has 1 saturated heterocycles. The zero-order valence-corrected chi connectivity index (χ0v) is 20.2. The molecule has 1 fully saturated rings. The molecule has 1 aliphatic rings. The van der Waals surface area contributed by atoms with Crippen LogP contribution in [0.2, 0.25) is 0 Å². The van der Waals surface area contributed by atoms with Gasteiger partial charge in [-0.25, -0.2) is 0 Å². The van der Waals surface area contributed by atoms with Gasteiger partial charge in [0.05, 0.1) is 14.2 Å². The van der Waals surface area contributed by atoms with E-state index in [1.807, 2.05) is 59.1 Å². The Morgan fingerprint density at radius 3 is 1.90 bits per heavy atom. The first-order chi connectivity index (χ1) is 15.2. The van der Waals surface area contributed by atoms with E-state index >= 15 is 0 Å². The van der Waals surface area contributed by atoms with Crippen LogP contribution in [0.3, 0.4) is 0 Å². The number of hydrogen-bond donors (Lipinski definition) is 0. The second kappa shape index (κ2) is 10.5. The average molecular weight is 467 g/mol. The monoisotopic (exact) mass is 466 g/mol. The molecule has 0 amide bonds. The Morgan fingerprint density at radius 1 is 0.839 bits per heavy atom. The summed E-state index contributed by atoms with van der Waals surface area (Å²) in [6.45, 7) is 0. The third-order valence-corrected chi connectivity index (χ3v) is 9.69. The molecule has 4 rings (SSSR count). The van der Waals surface area contributed by atoms with Crippen LogP contribution < -0.4 is 9.47 Å². The molecule has 0 spiro atoms. The summed E-state index contributed by atoms with van der Waals surface area (Å²) in [6, 6.07) is 20.9. The van der Waals surface area contributed by atoms with Crippen LogP contribution in [-0.2, 0) is 4.08 Å². The SMILES string of the molecule is COc1ccc(C(=CC=CC2(c3cccs3)SCCCS2)c2ccc(OC)cc2)cc1. The summed E-state index contributed by atoms with van der Waals surface area (Å²) in [5, 5.41) is 2.18. The van der Waals surface area contributed by atoms with Crippen LogP contribution in [0.15, 0.2) is 84.3 Å². The number of ether oxygens (including phenoxy) is 2. The lowest BCUT2D eigenvalue weighted by Gasteiger charge is -2.32. The Bertz CT molecular complexity index is 964. The molecule has 1 aliphatic heterocycles. The van der Waals surface area contributed by atoms with E-state index in [1.54, 1.807) is 14.2 Å². The van der Waals surface area contributed by atoms with Crippen LogP contribution >= 0.6 is 34.9 Å². The maximum absolute atomic E-state index is 5.35. The minimum atomic E-state index is 0.00778. The van der Waals surface area contributed by atoms with E-state index in [-0.39, 0.29) is 4.08 Å². The van der Waals surface area contributed by atoms with Crippen molar-refractivity contribution in [2.24, 2.45) is 0 Å². The van der Waals surface area contributed by atoms with Crippen molar-refractivity contribution in [3.05, 3.63) is 100 Å². The zero-order chi connectivity index (χ0) is 21.5. The maximum Gasteiger partial charge on any atom is 0.118 e. The van der Waals surface area contributed by atoms with Crippen molar-refractivity contribution < 1.29 is 9.47 Å². The zero-order valence-electron chi connectivity index (χ0n) is 17.7. The van der Waals surface area contributed by atoms with Crippen LogP contribution in [0.25, 0.3) is 5.57 Å². The minimum absolute atomic E-state index is 0.00778. The van der Waals surface area contributed by atoms with Crippen LogP contribution in [0.5, 0.6) is 11.5 Å². The van der Waals surface area contributed by atoms with Gasteiger partial charge in [0.25, 0.3) is 0 Å². The van der Waals surface area contributed by atoms with Gasteiger partial charge in [-0.1, -0.05) is 48.6 Å². The molecule has 2 aromatic carbocycles. The highest BCUT2D eigenvalue weighted by Gasteiger charge is 2.33. The number of hydrogen-bond acceptors (Lipinski definition) is 5. The lowest BCUT2D eigenvalue weighted by Crippen LogP contribution is -2.18. The first kappa shape index (κ1) is 22.1. The van der Waals surface area contributed by atoms with Crippen LogP contribution in [0.1, 0.15) is 22.4 Å². The van der Waals surface area contributed by atoms with Gasteiger partial charge in [-0.05, 0) is 70.3 Å². The molecule has 0 unspecified atom stereocenters. The van der Waals surface area contributed by atoms with Crippen LogP contribution in [0.4, 0.5) is 0 Å². The molecule has 2 heterocycles. The Morgan fingerprint density at radius 2 is 1.42 bits per heavy atom. The number of rotatable bonds is 7. The standard InChI is InChI=1S/C26H26O2S3/c1-27-22-12-8-20(9-13-22)24(21-10-14-23(28-2)15-11-21)6-3-16-26(25-7-4-17-29-25)30-18-5-19-31-26/h3-4,6-17H,5,18-19H2,1-2H3. The van der Waals surface area contributed by atoms with Gasteiger partial charge >= 0.3 is 0 Å². The van der Waals surface area contributed by atoms with Crippen LogP contribution in [0, 0.1) is 0 Å². The molecular formula is C26H26O2S3. The second-order valence-corrected chi connectivity index (χ2v) is 11.0. The van der Waals surface area contributed by atoms with E-state index in [9.17, 15) is 0 Å². The van der Waals surface area contributed by atoms with Crippen LogP contribution in [-0.4, -0.2) is 25.7 Å². The van der Waals surface area contributed by atoms with Gasteiger partial charge < -0.3 is 9.47 Å². The highest BCUT2D eigenvalue weighted by molar-refractivity contribution is 8.18. The number of allylic oxidation sites excluding steroid dienone is 2. The lowest BCUT2D eigenvalue weighted by molar-refractivity contribution is 0.414. The van der Waals surface area contributed by atoms with Crippen molar-refractivity contribution in [1.82, 2.24) is 0 Å². The molecule has 0 radical (unpaired) electrons. The number of thioether (sulfide) groups is 2. The summed E-state index contributed by atoms with van der Waals surface area (Å²) >= 11 is 5.94. The van der Waals surface area contributed by atoms with E-state index in [2.05, 4.69) is 60.0 Å². The first-order valence-corrected chi connectivity index (χ1v) is 13.1. The molecular weight excluding hydrogens is 440 g/mol. The summed E-state index contributed by atoms with van der Waals surface area (Å²) in [6.07, 6.45) is 8.11. The largest absolute Gasteiger partial charge is 0.497 e. The molecule has 0 bridgehead atoms. The molecule has 0 saturated carbocycles. The minimum Gasteiger partial charge on any atom is -0.497 e. The fourth-order valence-electron chi connectivity index (χ4n) is 3.52. The molecule has 1 aromatic heterocycles. The molecule has 0 atom stereocenters. The smallest absolute Gasteiger partial charge is 0.118 e. The molecule has 0 N–H and O–H groups in total. The molecule has 0 aliphatic carbocycles.